The standard InChI is InChI=1S/C16H11N3O3S/c1-2-14(20-7-1)16-18-12(9-23-16)8-21-13-5-3-11(4-6-13)15-19-17-10-22-15/h1-7,9-10H,8H2. The number of hydrogen-bond acceptors (Lipinski definition) is 7. The Labute approximate surface area is 135 Å². The third kappa shape index (κ3) is 3.00. The Morgan fingerprint density at radius 2 is 2.00 bits per heavy atom. The summed E-state index contributed by atoms with van der Waals surface area (Å²) in [5.74, 6) is 2.00. The van der Waals surface area contributed by atoms with Crippen LogP contribution in [-0.4, -0.2) is 15.2 Å². The van der Waals surface area contributed by atoms with Gasteiger partial charge in [-0.25, -0.2) is 4.98 Å². The molecule has 0 aliphatic heterocycles. The molecule has 0 spiro atoms. The summed E-state index contributed by atoms with van der Waals surface area (Å²) in [5, 5.41) is 10.3. The molecular formula is C16H11N3O3S. The Bertz CT molecular complexity index is 868. The minimum Gasteiger partial charge on any atom is -0.487 e. The molecule has 3 aromatic heterocycles. The van der Waals surface area contributed by atoms with E-state index >= 15 is 0 Å². The third-order valence-corrected chi connectivity index (χ3v) is 4.04. The molecule has 4 aromatic rings. The Hall–Kier alpha value is -2.93. The molecule has 0 fully saturated rings. The number of furan rings is 1. The first kappa shape index (κ1) is 13.7. The molecule has 23 heavy (non-hydrogen) atoms. The van der Waals surface area contributed by atoms with Crippen molar-refractivity contribution in [3.63, 3.8) is 0 Å². The lowest BCUT2D eigenvalue weighted by Gasteiger charge is -2.04. The highest BCUT2D eigenvalue weighted by Crippen LogP contribution is 2.25. The van der Waals surface area contributed by atoms with Crippen molar-refractivity contribution in [2.45, 2.75) is 6.61 Å². The molecule has 0 aliphatic carbocycles. The monoisotopic (exact) mass is 325 g/mol. The largest absolute Gasteiger partial charge is 0.487 e. The summed E-state index contributed by atoms with van der Waals surface area (Å²) in [5.41, 5.74) is 1.71. The summed E-state index contributed by atoms with van der Waals surface area (Å²) in [6.07, 6.45) is 2.94. The average molecular weight is 325 g/mol. The molecule has 0 radical (unpaired) electrons. The summed E-state index contributed by atoms with van der Waals surface area (Å²) in [6.45, 7) is 0.400. The molecule has 0 aliphatic rings. The maximum atomic E-state index is 5.74. The van der Waals surface area contributed by atoms with Crippen molar-refractivity contribution in [1.29, 1.82) is 0 Å². The first-order chi connectivity index (χ1) is 11.4. The minimum absolute atomic E-state index is 0.400. The van der Waals surface area contributed by atoms with Gasteiger partial charge in [0.25, 0.3) is 0 Å². The SMILES string of the molecule is c1coc(-c2nc(COc3ccc(-c4nnco4)cc3)cs2)c1. The second kappa shape index (κ2) is 6.05. The lowest BCUT2D eigenvalue weighted by Crippen LogP contribution is -1.95. The van der Waals surface area contributed by atoms with E-state index in [1.807, 2.05) is 41.8 Å². The lowest BCUT2D eigenvalue weighted by molar-refractivity contribution is 0.302. The van der Waals surface area contributed by atoms with Gasteiger partial charge < -0.3 is 13.6 Å². The first-order valence-corrected chi connectivity index (χ1v) is 7.74. The van der Waals surface area contributed by atoms with Crippen molar-refractivity contribution >= 4 is 11.3 Å². The minimum atomic E-state index is 0.400. The van der Waals surface area contributed by atoms with Crippen molar-refractivity contribution in [3.8, 4) is 28.0 Å². The van der Waals surface area contributed by atoms with E-state index in [0.717, 1.165) is 27.8 Å². The van der Waals surface area contributed by atoms with Gasteiger partial charge in [-0.05, 0) is 36.4 Å². The number of nitrogens with zero attached hydrogens (tertiary/aromatic N) is 3. The van der Waals surface area contributed by atoms with Crippen molar-refractivity contribution in [3.05, 3.63) is 60.1 Å². The van der Waals surface area contributed by atoms with Crippen LogP contribution in [0.3, 0.4) is 0 Å². The van der Waals surface area contributed by atoms with E-state index in [4.69, 9.17) is 13.6 Å². The van der Waals surface area contributed by atoms with Crippen LogP contribution in [0.2, 0.25) is 0 Å². The summed E-state index contributed by atoms with van der Waals surface area (Å²) in [4.78, 5) is 4.49. The molecule has 1 aromatic carbocycles. The van der Waals surface area contributed by atoms with E-state index in [9.17, 15) is 0 Å². The maximum Gasteiger partial charge on any atom is 0.247 e. The second-order valence-electron chi connectivity index (χ2n) is 4.68. The fraction of sp³-hybridized carbons (Fsp3) is 0.0625. The third-order valence-electron chi connectivity index (χ3n) is 3.13. The summed E-state index contributed by atoms with van der Waals surface area (Å²) >= 11 is 1.53. The van der Waals surface area contributed by atoms with Gasteiger partial charge in [-0.1, -0.05) is 0 Å². The van der Waals surface area contributed by atoms with Crippen LogP contribution in [0.4, 0.5) is 0 Å². The molecule has 0 N–H and O–H groups in total. The first-order valence-electron chi connectivity index (χ1n) is 6.86. The Morgan fingerprint density at radius 3 is 2.74 bits per heavy atom. The van der Waals surface area contributed by atoms with Crippen LogP contribution in [0.25, 0.3) is 22.2 Å². The zero-order valence-corrected chi connectivity index (χ0v) is 12.7. The molecule has 0 saturated heterocycles. The van der Waals surface area contributed by atoms with Crippen molar-refractivity contribution in [2.75, 3.05) is 0 Å². The zero-order valence-electron chi connectivity index (χ0n) is 11.9. The highest BCUT2D eigenvalue weighted by Gasteiger charge is 2.08. The summed E-state index contributed by atoms with van der Waals surface area (Å²) < 4.78 is 16.2. The Morgan fingerprint density at radius 1 is 1.09 bits per heavy atom. The van der Waals surface area contributed by atoms with Gasteiger partial charge in [0.2, 0.25) is 12.3 Å². The van der Waals surface area contributed by atoms with E-state index in [-0.39, 0.29) is 0 Å². The number of benzene rings is 1. The van der Waals surface area contributed by atoms with E-state index < -0.39 is 0 Å². The van der Waals surface area contributed by atoms with Gasteiger partial charge in [-0.3, -0.25) is 0 Å². The van der Waals surface area contributed by atoms with Gasteiger partial charge >= 0.3 is 0 Å². The van der Waals surface area contributed by atoms with Crippen LogP contribution in [0.15, 0.2) is 63.3 Å². The van der Waals surface area contributed by atoms with Crippen molar-refractivity contribution in [2.24, 2.45) is 0 Å². The van der Waals surface area contributed by atoms with Crippen molar-refractivity contribution in [1.82, 2.24) is 15.2 Å². The van der Waals surface area contributed by atoms with Crippen LogP contribution < -0.4 is 4.74 Å². The molecule has 0 saturated carbocycles. The summed E-state index contributed by atoms with van der Waals surface area (Å²) in [6, 6.07) is 11.2. The molecule has 6 nitrogen and oxygen atoms in total. The van der Waals surface area contributed by atoms with Crippen LogP contribution in [0.1, 0.15) is 5.69 Å². The van der Waals surface area contributed by atoms with E-state index in [2.05, 4.69) is 15.2 Å². The van der Waals surface area contributed by atoms with E-state index in [1.165, 1.54) is 17.7 Å². The molecule has 0 atom stereocenters. The molecule has 114 valence electrons. The molecule has 4 rings (SSSR count). The van der Waals surface area contributed by atoms with Gasteiger partial charge in [0.1, 0.15) is 12.4 Å². The molecule has 7 heteroatoms. The number of thiazole rings is 1. The number of aromatic nitrogens is 3. The van der Waals surface area contributed by atoms with Crippen LogP contribution >= 0.6 is 11.3 Å². The Balaban J connectivity index is 1.41. The van der Waals surface area contributed by atoms with Gasteiger partial charge in [-0.15, -0.1) is 21.5 Å². The molecule has 0 bridgehead atoms. The highest BCUT2D eigenvalue weighted by molar-refractivity contribution is 7.13. The predicted octanol–water partition coefficient (Wildman–Crippen LogP) is 4.03. The number of ether oxygens (including phenoxy) is 1. The van der Waals surface area contributed by atoms with Gasteiger partial charge in [0.15, 0.2) is 10.8 Å². The van der Waals surface area contributed by atoms with Crippen LogP contribution in [0.5, 0.6) is 5.75 Å². The van der Waals surface area contributed by atoms with E-state index in [1.54, 1.807) is 6.26 Å². The predicted molar refractivity (Wildman–Crippen MR) is 83.9 cm³/mol. The van der Waals surface area contributed by atoms with Crippen LogP contribution in [0, 0.1) is 0 Å². The van der Waals surface area contributed by atoms with Gasteiger partial charge in [0, 0.05) is 10.9 Å². The highest BCUT2D eigenvalue weighted by atomic mass is 32.1. The normalized spacial score (nSPS) is 10.8. The smallest absolute Gasteiger partial charge is 0.247 e. The molecule has 3 heterocycles. The summed E-state index contributed by atoms with van der Waals surface area (Å²) in [7, 11) is 0. The fourth-order valence-electron chi connectivity index (χ4n) is 2.04. The zero-order chi connectivity index (χ0) is 15.5. The van der Waals surface area contributed by atoms with Crippen LogP contribution in [-0.2, 0) is 6.61 Å². The molecule has 0 unspecified atom stereocenters. The van der Waals surface area contributed by atoms with E-state index in [0.29, 0.717) is 12.5 Å². The van der Waals surface area contributed by atoms with Gasteiger partial charge in [-0.2, -0.15) is 0 Å². The van der Waals surface area contributed by atoms with Crippen molar-refractivity contribution < 1.29 is 13.6 Å². The molecular weight excluding hydrogens is 314 g/mol. The lowest BCUT2D eigenvalue weighted by atomic mass is 10.2. The van der Waals surface area contributed by atoms with Gasteiger partial charge in [0.05, 0.1) is 12.0 Å². The average Bonchev–Trinajstić information content (AvgIpc) is 3.35. The topological polar surface area (TPSA) is 74.2 Å². The quantitative estimate of drug-likeness (QED) is 0.551. The second-order valence-corrected chi connectivity index (χ2v) is 5.54. The molecule has 0 amide bonds. The number of rotatable bonds is 5. The Kier molecular flexibility index (Phi) is 3.61. The fourth-order valence-corrected chi connectivity index (χ4v) is 2.81. The maximum absolute atomic E-state index is 5.74. The number of hydrogen-bond donors (Lipinski definition) is 0.